The number of hydrogen-bond acceptors (Lipinski definition) is 4. The number of rotatable bonds is 8. The van der Waals surface area contributed by atoms with Gasteiger partial charge in [-0.15, -0.1) is 11.8 Å². The Kier molecular flexibility index (Phi) is 6.65. The van der Waals surface area contributed by atoms with E-state index in [0.29, 0.717) is 18.2 Å². The van der Waals surface area contributed by atoms with Crippen molar-refractivity contribution in [3.05, 3.63) is 78.1 Å². The third-order valence-corrected chi connectivity index (χ3v) is 5.03. The van der Waals surface area contributed by atoms with Crippen LogP contribution >= 0.6 is 11.8 Å². The Morgan fingerprint density at radius 3 is 2.33 bits per heavy atom. The summed E-state index contributed by atoms with van der Waals surface area (Å²) in [5.41, 5.74) is 2.04. The predicted octanol–water partition coefficient (Wildman–Crippen LogP) is 3.88. The van der Waals surface area contributed by atoms with E-state index in [-0.39, 0.29) is 11.9 Å². The van der Waals surface area contributed by atoms with E-state index in [1.807, 2.05) is 54.2 Å². The van der Waals surface area contributed by atoms with Crippen LogP contribution < -0.4 is 5.32 Å². The molecule has 0 aliphatic heterocycles. The van der Waals surface area contributed by atoms with Gasteiger partial charge in [-0.1, -0.05) is 56.3 Å². The number of benzene rings is 2. The lowest BCUT2D eigenvalue weighted by Crippen LogP contribution is -2.33. The standard InChI is InChI=1S/C21H24N4OS/c1-16(2)27-19-10-8-17(9-11-19)14-21(26)24-20(15-25-22-12-13-23-25)18-6-4-3-5-7-18/h3-13,16,20H,14-15H2,1-2H3,(H,24,26). The third kappa shape index (κ3) is 5.96. The predicted molar refractivity (Wildman–Crippen MR) is 108 cm³/mol. The Hall–Kier alpha value is -2.60. The number of aromatic nitrogens is 3. The minimum absolute atomic E-state index is 0.0136. The van der Waals surface area contributed by atoms with Gasteiger partial charge in [-0.05, 0) is 23.3 Å². The number of thioether (sulfide) groups is 1. The van der Waals surface area contributed by atoms with Crippen LogP contribution in [0.1, 0.15) is 31.0 Å². The topological polar surface area (TPSA) is 59.8 Å². The molecule has 2 aromatic carbocycles. The summed E-state index contributed by atoms with van der Waals surface area (Å²) in [4.78, 5) is 15.4. The fraction of sp³-hybridized carbons (Fsp3) is 0.286. The van der Waals surface area contributed by atoms with Crippen LogP contribution in [-0.2, 0) is 17.8 Å². The summed E-state index contributed by atoms with van der Waals surface area (Å²) in [6, 6.07) is 17.9. The summed E-state index contributed by atoms with van der Waals surface area (Å²) >= 11 is 1.82. The van der Waals surface area contributed by atoms with Gasteiger partial charge in [-0.3, -0.25) is 4.79 Å². The van der Waals surface area contributed by atoms with Gasteiger partial charge in [0.15, 0.2) is 0 Å². The average Bonchev–Trinajstić information content (AvgIpc) is 3.16. The van der Waals surface area contributed by atoms with Gasteiger partial charge >= 0.3 is 0 Å². The SMILES string of the molecule is CC(C)Sc1ccc(CC(=O)NC(Cn2nccn2)c2ccccc2)cc1. The molecule has 1 atom stereocenters. The molecule has 0 fully saturated rings. The molecule has 0 spiro atoms. The molecule has 0 aliphatic rings. The van der Waals surface area contributed by atoms with Crippen molar-refractivity contribution in [3.63, 3.8) is 0 Å². The molecule has 6 heteroatoms. The van der Waals surface area contributed by atoms with Crippen molar-refractivity contribution in [1.82, 2.24) is 20.3 Å². The van der Waals surface area contributed by atoms with E-state index in [1.165, 1.54) is 4.90 Å². The largest absolute Gasteiger partial charge is 0.347 e. The lowest BCUT2D eigenvalue weighted by atomic mass is 10.1. The molecule has 0 saturated heterocycles. The van der Waals surface area contributed by atoms with Gasteiger partial charge in [0.2, 0.25) is 5.91 Å². The minimum Gasteiger partial charge on any atom is -0.347 e. The van der Waals surface area contributed by atoms with E-state index in [1.54, 1.807) is 17.2 Å². The van der Waals surface area contributed by atoms with Gasteiger partial charge in [0, 0.05) is 10.1 Å². The zero-order valence-corrected chi connectivity index (χ0v) is 16.4. The molecule has 3 aromatic rings. The summed E-state index contributed by atoms with van der Waals surface area (Å²) in [5.74, 6) is -0.0136. The fourth-order valence-electron chi connectivity index (χ4n) is 2.81. The van der Waals surface area contributed by atoms with Crippen molar-refractivity contribution in [2.24, 2.45) is 0 Å². The first-order chi connectivity index (χ1) is 13.1. The zero-order chi connectivity index (χ0) is 19.1. The van der Waals surface area contributed by atoms with Crippen LogP contribution in [-0.4, -0.2) is 26.2 Å². The lowest BCUT2D eigenvalue weighted by molar-refractivity contribution is -0.121. The van der Waals surface area contributed by atoms with E-state index in [2.05, 4.69) is 41.5 Å². The van der Waals surface area contributed by atoms with Gasteiger partial charge in [0.05, 0.1) is 31.4 Å². The van der Waals surface area contributed by atoms with Crippen molar-refractivity contribution < 1.29 is 4.79 Å². The first-order valence-electron chi connectivity index (χ1n) is 9.04. The molecule has 1 N–H and O–H groups in total. The van der Waals surface area contributed by atoms with E-state index in [4.69, 9.17) is 0 Å². The second kappa shape index (κ2) is 9.37. The molecule has 1 amide bonds. The highest BCUT2D eigenvalue weighted by Gasteiger charge is 2.16. The molecule has 1 aromatic heterocycles. The highest BCUT2D eigenvalue weighted by Crippen LogP contribution is 2.23. The number of amides is 1. The second-order valence-corrected chi connectivity index (χ2v) is 8.25. The van der Waals surface area contributed by atoms with Crippen molar-refractivity contribution in [2.75, 3.05) is 0 Å². The van der Waals surface area contributed by atoms with E-state index >= 15 is 0 Å². The Bertz CT molecular complexity index is 832. The second-order valence-electron chi connectivity index (χ2n) is 6.60. The number of carbonyl (C=O) groups is 1. The number of nitrogens with zero attached hydrogens (tertiary/aromatic N) is 3. The maximum Gasteiger partial charge on any atom is 0.224 e. The van der Waals surface area contributed by atoms with Crippen LogP contribution in [0, 0.1) is 0 Å². The molecule has 0 aliphatic carbocycles. The van der Waals surface area contributed by atoms with Gasteiger partial charge < -0.3 is 5.32 Å². The number of carbonyl (C=O) groups excluding carboxylic acids is 1. The maximum absolute atomic E-state index is 12.6. The van der Waals surface area contributed by atoms with Crippen LogP contribution in [0.4, 0.5) is 0 Å². The molecule has 0 saturated carbocycles. The summed E-state index contributed by atoms with van der Waals surface area (Å²) in [5, 5.41) is 12.0. The number of nitrogens with one attached hydrogen (secondary N) is 1. The van der Waals surface area contributed by atoms with Crippen molar-refractivity contribution >= 4 is 17.7 Å². The Morgan fingerprint density at radius 1 is 1.04 bits per heavy atom. The van der Waals surface area contributed by atoms with Gasteiger partial charge in [0.25, 0.3) is 0 Å². The van der Waals surface area contributed by atoms with Crippen LogP contribution in [0.2, 0.25) is 0 Å². The molecule has 5 nitrogen and oxygen atoms in total. The van der Waals surface area contributed by atoms with Gasteiger partial charge in [-0.25, -0.2) is 0 Å². The van der Waals surface area contributed by atoms with Crippen molar-refractivity contribution in [1.29, 1.82) is 0 Å². The highest BCUT2D eigenvalue weighted by molar-refractivity contribution is 7.99. The normalized spacial score (nSPS) is 12.1. The molecule has 140 valence electrons. The Morgan fingerprint density at radius 2 is 1.70 bits per heavy atom. The summed E-state index contributed by atoms with van der Waals surface area (Å²) in [6.07, 6.45) is 3.63. The Labute approximate surface area is 164 Å². The molecule has 27 heavy (non-hydrogen) atoms. The third-order valence-electron chi connectivity index (χ3n) is 4.01. The summed E-state index contributed by atoms with van der Waals surface area (Å²) in [6.45, 7) is 4.83. The van der Waals surface area contributed by atoms with Crippen LogP contribution in [0.15, 0.2) is 71.9 Å². The highest BCUT2D eigenvalue weighted by atomic mass is 32.2. The number of hydrogen-bond donors (Lipinski definition) is 1. The molecule has 0 radical (unpaired) electrons. The van der Waals surface area contributed by atoms with Crippen molar-refractivity contribution in [2.45, 2.75) is 43.0 Å². The quantitative estimate of drug-likeness (QED) is 0.603. The minimum atomic E-state index is -0.179. The van der Waals surface area contributed by atoms with Crippen LogP contribution in [0.25, 0.3) is 0 Å². The Balaban J connectivity index is 1.65. The monoisotopic (exact) mass is 380 g/mol. The first kappa shape index (κ1) is 19.2. The van der Waals surface area contributed by atoms with Crippen molar-refractivity contribution in [3.8, 4) is 0 Å². The van der Waals surface area contributed by atoms with E-state index < -0.39 is 0 Å². The molecule has 0 bridgehead atoms. The molecular formula is C21H24N4OS. The van der Waals surface area contributed by atoms with Gasteiger partial charge in [0.1, 0.15) is 0 Å². The summed E-state index contributed by atoms with van der Waals surface area (Å²) < 4.78 is 0. The van der Waals surface area contributed by atoms with E-state index in [0.717, 1.165) is 11.1 Å². The molecule has 1 heterocycles. The first-order valence-corrected chi connectivity index (χ1v) is 9.92. The summed E-state index contributed by atoms with van der Waals surface area (Å²) in [7, 11) is 0. The van der Waals surface area contributed by atoms with Crippen LogP contribution in [0.3, 0.4) is 0 Å². The van der Waals surface area contributed by atoms with Crippen LogP contribution in [0.5, 0.6) is 0 Å². The van der Waals surface area contributed by atoms with E-state index in [9.17, 15) is 4.79 Å². The molecule has 3 rings (SSSR count). The fourth-order valence-corrected chi connectivity index (χ4v) is 3.65. The average molecular weight is 381 g/mol. The molecule has 1 unspecified atom stereocenters. The lowest BCUT2D eigenvalue weighted by Gasteiger charge is -2.19. The molecular weight excluding hydrogens is 356 g/mol. The zero-order valence-electron chi connectivity index (χ0n) is 15.6. The smallest absolute Gasteiger partial charge is 0.224 e. The van der Waals surface area contributed by atoms with Gasteiger partial charge in [-0.2, -0.15) is 15.0 Å². The maximum atomic E-state index is 12.6.